The van der Waals surface area contributed by atoms with Gasteiger partial charge in [-0.05, 0) is 28.5 Å². The van der Waals surface area contributed by atoms with Gasteiger partial charge in [0, 0.05) is 5.92 Å². The number of carboxylic acids is 1. The summed E-state index contributed by atoms with van der Waals surface area (Å²) in [6.07, 6.45) is 0. The molecule has 20 heavy (non-hydrogen) atoms. The number of rotatable bonds is 4. The Morgan fingerprint density at radius 1 is 1.10 bits per heavy atom. The van der Waals surface area contributed by atoms with Crippen LogP contribution in [0.2, 0.25) is 0 Å². The number of methoxy groups -OCH3 is 1. The van der Waals surface area contributed by atoms with Crippen molar-refractivity contribution in [3.63, 3.8) is 0 Å². The molecule has 0 N–H and O–H groups in total. The van der Waals surface area contributed by atoms with Crippen molar-refractivity contribution in [1.29, 1.82) is 0 Å². The minimum Gasteiger partial charge on any atom is -0.542 e. The molecule has 2 rings (SSSR count). The van der Waals surface area contributed by atoms with E-state index < -0.39 is 17.7 Å². The molecule has 0 saturated carbocycles. The zero-order valence-electron chi connectivity index (χ0n) is 11.7. The Bertz CT molecular complexity index is 651. The van der Waals surface area contributed by atoms with Crippen LogP contribution < -0.4 is 39.4 Å². The summed E-state index contributed by atoms with van der Waals surface area (Å²) < 4.78 is 5.13. The quantitative estimate of drug-likeness (QED) is 0.493. The molecule has 0 amide bonds. The van der Waals surface area contributed by atoms with Crippen molar-refractivity contribution >= 4 is 22.5 Å². The van der Waals surface area contributed by atoms with Crippen LogP contribution in [0.15, 0.2) is 36.4 Å². The predicted octanol–water partition coefficient (Wildman–Crippen LogP) is -1.73. The fourth-order valence-corrected chi connectivity index (χ4v) is 1.97. The first kappa shape index (κ1) is 16.7. The van der Waals surface area contributed by atoms with Crippen LogP contribution in [0.1, 0.15) is 18.4 Å². The number of carbonyl (C=O) groups is 2. The summed E-state index contributed by atoms with van der Waals surface area (Å²) in [5.41, 5.74) is 0.659. The molecule has 2 aromatic carbocycles. The SMILES string of the molecule is COc1ccc2cc(C(C)C(=O)C(=O)[O-])ccc2c1.[Na+]. The predicted molar refractivity (Wildman–Crippen MR) is 68.9 cm³/mol. The fourth-order valence-electron chi connectivity index (χ4n) is 1.97. The van der Waals surface area contributed by atoms with Crippen molar-refractivity contribution in [3.05, 3.63) is 42.0 Å². The van der Waals surface area contributed by atoms with Gasteiger partial charge in [-0.1, -0.05) is 31.2 Å². The number of ketones is 1. The molecule has 2 aromatic rings. The molecule has 0 aliphatic heterocycles. The van der Waals surface area contributed by atoms with E-state index in [2.05, 4.69) is 0 Å². The zero-order valence-corrected chi connectivity index (χ0v) is 13.7. The zero-order chi connectivity index (χ0) is 14.0. The molecule has 0 saturated heterocycles. The second-order valence-corrected chi connectivity index (χ2v) is 4.35. The van der Waals surface area contributed by atoms with E-state index in [0.717, 1.165) is 16.5 Å². The maximum absolute atomic E-state index is 11.4. The first-order valence-corrected chi connectivity index (χ1v) is 5.86. The number of hydrogen-bond donors (Lipinski definition) is 0. The molecule has 0 aliphatic carbocycles. The number of fused-ring (bicyclic) bond motifs is 1. The smallest absolute Gasteiger partial charge is 0.542 e. The molecule has 0 fully saturated rings. The Kier molecular flexibility index (Phi) is 5.74. The van der Waals surface area contributed by atoms with Crippen molar-refractivity contribution in [2.24, 2.45) is 0 Å². The van der Waals surface area contributed by atoms with Gasteiger partial charge >= 0.3 is 29.6 Å². The summed E-state index contributed by atoms with van der Waals surface area (Å²) in [4.78, 5) is 22.0. The molecule has 4 nitrogen and oxygen atoms in total. The van der Waals surface area contributed by atoms with Gasteiger partial charge in [-0.3, -0.25) is 4.79 Å². The molecule has 1 atom stereocenters. The van der Waals surface area contributed by atoms with Gasteiger partial charge in [-0.2, -0.15) is 0 Å². The van der Waals surface area contributed by atoms with Crippen LogP contribution in [0.4, 0.5) is 0 Å². The van der Waals surface area contributed by atoms with Crippen LogP contribution in [0.25, 0.3) is 10.8 Å². The van der Waals surface area contributed by atoms with Gasteiger partial charge in [0.05, 0.1) is 7.11 Å². The molecule has 0 aromatic heterocycles. The van der Waals surface area contributed by atoms with Gasteiger partial charge in [0.1, 0.15) is 11.7 Å². The van der Waals surface area contributed by atoms with E-state index in [9.17, 15) is 14.7 Å². The van der Waals surface area contributed by atoms with Crippen LogP contribution in [-0.4, -0.2) is 18.9 Å². The van der Waals surface area contributed by atoms with Gasteiger partial charge in [0.25, 0.3) is 0 Å². The van der Waals surface area contributed by atoms with E-state index in [1.807, 2.05) is 24.3 Å². The molecule has 98 valence electrons. The molecule has 0 spiro atoms. The van der Waals surface area contributed by atoms with Crippen molar-refractivity contribution in [1.82, 2.24) is 0 Å². The Labute approximate surface area is 139 Å². The third kappa shape index (κ3) is 3.39. The fraction of sp³-hybridized carbons (Fsp3) is 0.200. The van der Waals surface area contributed by atoms with E-state index in [-0.39, 0.29) is 29.6 Å². The Morgan fingerprint density at radius 3 is 2.30 bits per heavy atom. The molecule has 0 radical (unpaired) electrons. The van der Waals surface area contributed by atoms with Crippen LogP contribution in [0, 0.1) is 0 Å². The Balaban J connectivity index is 0.00000200. The molecular formula is C15H13NaO4. The molecular weight excluding hydrogens is 267 g/mol. The van der Waals surface area contributed by atoms with E-state index in [0.29, 0.717) is 5.56 Å². The number of hydrogen-bond acceptors (Lipinski definition) is 4. The number of benzene rings is 2. The van der Waals surface area contributed by atoms with Gasteiger partial charge in [0.2, 0.25) is 0 Å². The number of carboxylic acid groups (broad SMARTS) is 1. The molecule has 5 heteroatoms. The Hall–Kier alpha value is -1.36. The van der Waals surface area contributed by atoms with Gasteiger partial charge in [-0.25, -0.2) is 0 Å². The number of carbonyl (C=O) groups excluding carboxylic acids is 2. The molecule has 1 unspecified atom stereocenters. The average Bonchev–Trinajstić information content (AvgIpc) is 2.44. The number of Topliss-reactive ketones (excluding diaryl/α,β-unsaturated/α-hetero) is 1. The normalized spacial score (nSPS) is 11.5. The molecule has 0 bridgehead atoms. The van der Waals surface area contributed by atoms with Crippen molar-refractivity contribution in [3.8, 4) is 5.75 Å². The summed E-state index contributed by atoms with van der Waals surface area (Å²) in [6.45, 7) is 1.56. The second-order valence-electron chi connectivity index (χ2n) is 4.35. The average molecular weight is 280 g/mol. The standard InChI is InChI=1S/C15H14O4.Na/c1-9(14(16)15(17)18)10-3-4-12-8-13(19-2)6-5-11(12)7-10;/h3-9H,1-2H3,(H,17,18);/q;+1/p-1. The maximum atomic E-state index is 11.4. The first-order chi connectivity index (χ1) is 9.02. The molecule has 0 aliphatic rings. The molecule has 0 heterocycles. The van der Waals surface area contributed by atoms with Gasteiger partial charge in [-0.15, -0.1) is 0 Å². The van der Waals surface area contributed by atoms with E-state index in [4.69, 9.17) is 4.74 Å². The van der Waals surface area contributed by atoms with Crippen LogP contribution >= 0.6 is 0 Å². The van der Waals surface area contributed by atoms with Crippen LogP contribution in [0.3, 0.4) is 0 Å². The second kappa shape index (κ2) is 6.88. The van der Waals surface area contributed by atoms with Crippen molar-refractivity contribution in [2.75, 3.05) is 7.11 Å². The van der Waals surface area contributed by atoms with Crippen LogP contribution in [0.5, 0.6) is 5.75 Å². The third-order valence-corrected chi connectivity index (χ3v) is 3.17. The summed E-state index contributed by atoms with van der Waals surface area (Å²) in [5, 5.41) is 12.5. The topological polar surface area (TPSA) is 66.4 Å². The summed E-state index contributed by atoms with van der Waals surface area (Å²) >= 11 is 0. The maximum Gasteiger partial charge on any atom is 1.00 e. The summed E-state index contributed by atoms with van der Waals surface area (Å²) in [5.74, 6) is -2.52. The van der Waals surface area contributed by atoms with Crippen LogP contribution in [-0.2, 0) is 9.59 Å². The number of ether oxygens (including phenoxy) is 1. The minimum atomic E-state index is -1.65. The Morgan fingerprint density at radius 2 is 1.70 bits per heavy atom. The van der Waals surface area contributed by atoms with Gasteiger partial charge in [0.15, 0.2) is 5.78 Å². The summed E-state index contributed by atoms with van der Waals surface area (Å²) in [7, 11) is 1.59. The minimum absolute atomic E-state index is 0. The van der Waals surface area contributed by atoms with E-state index in [1.54, 1.807) is 26.2 Å². The van der Waals surface area contributed by atoms with E-state index >= 15 is 0 Å². The first-order valence-electron chi connectivity index (χ1n) is 5.86. The van der Waals surface area contributed by atoms with E-state index in [1.165, 1.54) is 0 Å². The third-order valence-electron chi connectivity index (χ3n) is 3.17. The van der Waals surface area contributed by atoms with Crippen molar-refractivity contribution in [2.45, 2.75) is 12.8 Å². The number of aliphatic carboxylic acids is 1. The summed E-state index contributed by atoms with van der Waals surface area (Å²) in [6, 6.07) is 11.0. The van der Waals surface area contributed by atoms with Crippen molar-refractivity contribution < 1.29 is 49.0 Å². The monoisotopic (exact) mass is 280 g/mol. The van der Waals surface area contributed by atoms with Gasteiger partial charge < -0.3 is 14.6 Å². The largest absolute Gasteiger partial charge is 1.00 e.